The third-order valence-electron chi connectivity index (χ3n) is 5.66. The topological polar surface area (TPSA) is 66.8 Å². The third kappa shape index (κ3) is 4.40. The molecule has 0 saturated carbocycles. The van der Waals surface area contributed by atoms with E-state index in [4.69, 9.17) is 4.74 Å². The minimum absolute atomic E-state index is 0.0385. The summed E-state index contributed by atoms with van der Waals surface area (Å²) in [6, 6.07) is 23.1. The predicted octanol–water partition coefficient (Wildman–Crippen LogP) is 5.66. The van der Waals surface area contributed by atoms with Crippen LogP contribution >= 0.6 is 0 Å². The molecule has 0 bridgehead atoms. The lowest BCUT2D eigenvalue weighted by Crippen LogP contribution is -2.29. The van der Waals surface area contributed by atoms with Gasteiger partial charge in [-0.15, -0.1) is 0 Å². The number of nitrogens with zero attached hydrogens (tertiary/aromatic N) is 1. The van der Waals surface area contributed by atoms with E-state index in [0.29, 0.717) is 17.0 Å². The smallest absolute Gasteiger partial charge is 0.300 e. The lowest BCUT2D eigenvalue weighted by Gasteiger charge is -2.25. The Labute approximate surface area is 193 Å². The maximum atomic E-state index is 13.2. The van der Waals surface area contributed by atoms with Crippen molar-refractivity contribution in [3.05, 3.63) is 101 Å². The Balaban J connectivity index is 1.87. The number of amides is 1. The zero-order chi connectivity index (χ0) is 23.5. The van der Waals surface area contributed by atoms with Gasteiger partial charge in [0, 0.05) is 11.3 Å². The number of ether oxygens (including phenoxy) is 1. The van der Waals surface area contributed by atoms with Gasteiger partial charge in [-0.1, -0.05) is 61.5 Å². The summed E-state index contributed by atoms with van der Waals surface area (Å²) in [6.45, 7) is 5.89. The molecule has 0 aromatic heterocycles. The van der Waals surface area contributed by atoms with Crippen molar-refractivity contribution in [3.63, 3.8) is 0 Å². The highest BCUT2D eigenvalue weighted by molar-refractivity contribution is 6.51. The van der Waals surface area contributed by atoms with Gasteiger partial charge in [0.25, 0.3) is 11.7 Å². The highest BCUT2D eigenvalue weighted by Crippen LogP contribution is 2.42. The number of aryl methyl sites for hydroxylation is 1. The molecule has 3 aromatic carbocycles. The van der Waals surface area contributed by atoms with Crippen LogP contribution in [0.15, 0.2) is 84.4 Å². The summed E-state index contributed by atoms with van der Waals surface area (Å²) < 4.78 is 5.74. The average molecular weight is 442 g/mol. The molecule has 5 nitrogen and oxygen atoms in total. The lowest BCUT2D eigenvalue weighted by atomic mass is 9.95. The maximum absolute atomic E-state index is 13.2. The van der Waals surface area contributed by atoms with E-state index in [9.17, 15) is 14.7 Å². The monoisotopic (exact) mass is 441 g/mol. The van der Waals surface area contributed by atoms with Crippen molar-refractivity contribution in [2.75, 3.05) is 4.90 Å². The van der Waals surface area contributed by atoms with Gasteiger partial charge in [-0.25, -0.2) is 0 Å². The van der Waals surface area contributed by atoms with Crippen LogP contribution in [0.2, 0.25) is 0 Å². The van der Waals surface area contributed by atoms with Crippen LogP contribution in [-0.4, -0.2) is 22.9 Å². The van der Waals surface area contributed by atoms with Crippen molar-refractivity contribution in [2.24, 2.45) is 0 Å². The molecule has 1 aliphatic heterocycles. The first-order valence-electron chi connectivity index (χ1n) is 11.1. The van der Waals surface area contributed by atoms with Gasteiger partial charge in [0.15, 0.2) is 0 Å². The van der Waals surface area contributed by atoms with E-state index >= 15 is 0 Å². The molecule has 1 amide bonds. The number of aliphatic hydroxyl groups excluding tert-OH is 1. The van der Waals surface area contributed by atoms with Crippen LogP contribution in [0.5, 0.6) is 5.75 Å². The minimum Gasteiger partial charge on any atom is -0.507 e. The van der Waals surface area contributed by atoms with Gasteiger partial charge in [0.2, 0.25) is 0 Å². The van der Waals surface area contributed by atoms with Gasteiger partial charge in [-0.05, 0) is 55.7 Å². The Hall–Kier alpha value is -3.86. The number of ketones is 1. The van der Waals surface area contributed by atoms with Crippen molar-refractivity contribution in [2.45, 2.75) is 39.3 Å². The number of rotatable bonds is 6. The van der Waals surface area contributed by atoms with Crippen LogP contribution in [0.25, 0.3) is 5.76 Å². The zero-order valence-electron chi connectivity index (χ0n) is 19.0. The Kier molecular flexibility index (Phi) is 6.31. The second-order valence-corrected chi connectivity index (χ2v) is 8.29. The molecule has 0 radical (unpaired) electrons. The van der Waals surface area contributed by atoms with Gasteiger partial charge < -0.3 is 9.84 Å². The molecular formula is C28H27NO4. The Morgan fingerprint density at radius 3 is 2.30 bits per heavy atom. The standard InChI is InChI=1S/C28H27NO4/c1-4-19-13-15-22(16-14-19)29-25(20-9-6-5-7-10-20)24(27(31)28(29)32)26(30)21-11-8-12-23(17-21)33-18(2)3/h5-18,25,30H,4H2,1-3H3/b26-24-. The lowest BCUT2D eigenvalue weighted by molar-refractivity contribution is -0.132. The largest absolute Gasteiger partial charge is 0.507 e. The summed E-state index contributed by atoms with van der Waals surface area (Å²) in [5.41, 5.74) is 2.97. The van der Waals surface area contributed by atoms with Gasteiger partial charge in [-0.2, -0.15) is 0 Å². The molecule has 1 fully saturated rings. The Morgan fingerprint density at radius 2 is 1.67 bits per heavy atom. The first-order valence-corrected chi connectivity index (χ1v) is 11.1. The molecule has 1 N–H and O–H groups in total. The highest BCUT2D eigenvalue weighted by Gasteiger charge is 2.46. The predicted molar refractivity (Wildman–Crippen MR) is 129 cm³/mol. The second kappa shape index (κ2) is 9.33. The molecule has 1 aliphatic rings. The first kappa shape index (κ1) is 22.3. The molecular weight excluding hydrogens is 414 g/mol. The summed E-state index contributed by atoms with van der Waals surface area (Å²) in [4.78, 5) is 27.9. The number of aliphatic hydroxyl groups is 1. The van der Waals surface area contributed by atoms with Gasteiger partial charge in [0.1, 0.15) is 11.5 Å². The minimum atomic E-state index is -0.742. The quantitative estimate of drug-likeness (QED) is 0.304. The van der Waals surface area contributed by atoms with Crippen molar-refractivity contribution in [1.29, 1.82) is 0 Å². The zero-order valence-corrected chi connectivity index (χ0v) is 19.0. The van der Waals surface area contributed by atoms with E-state index in [1.54, 1.807) is 24.3 Å². The van der Waals surface area contributed by atoms with Crippen molar-refractivity contribution >= 4 is 23.1 Å². The molecule has 4 rings (SSSR count). The van der Waals surface area contributed by atoms with Crippen LogP contribution in [0, 0.1) is 0 Å². The van der Waals surface area contributed by atoms with Crippen LogP contribution in [0.1, 0.15) is 43.5 Å². The number of Topliss-reactive ketones (excluding diaryl/α,β-unsaturated/α-hetero) is 1. The number of benzene rings is 3. The van der Waals surface area contributed by atoms with E-state index in [-0.39, 0.29) is 17.4 Å². The molecule has 33 heavy (non-hydrogen) atoms. The molecule has 0 aliphatic carbocycles. The number of carbonyl (C=O) groups excluding carboxylic acids is 2. The van der Waals surface area contributed by atoms with E-state index in [2.05, 4.69) is 6.92 Å². The molecule has 1 unspecified atom stereocenters. The number of carbonyl (C=O) groups is 2. The molecule has 3 aromatic rings. The van der Waals surface area contributed by atoms with Crippen LogP contribution < -0.4 is 9.64 Å². The van der Waals surface area contributed by atoms with E-state index in [1.807, 2.05) is 68.4 Å². The molecule has 5 heteroatoms. The summed E-state index contributed by atoms with van der Waals surface area (Å²) in [5, 5.41) is 11.3. The summed E-state index contributed by atoms with van der Waals surface area (Å²) in [5.74, 6) is -1.01. The van der Waals surface area contributed by atoms with Crippen LogP contribution in [0.4, 0.5) is 5.69 Å². The maximum Gasteiger partial charge on any atom is 0.300 e. The second-order valence-electron chi connectivity index (χ2n) is 8.29. The van der Waals surface area contributed by atoms with Crippen molar-refractivity contribution in [1.82, 2.24) is 0 Å². The van der Waals surface area contributed by atoms with Crippen molar-refractivity contribution < 1.29 is 19.4 Å². The fourth-order valence-electron chi connectivity index (χ4n) is 4.09. The summed E-state index contributed by atoms with van der Waals surface area (Å²) >= 11 is 0. The average Bonchev–Trinajstić information content (AvgIpc) is 3.09. The first-order chi connectivity index (χ1) is 15.9. The number of hydrogen-bond donors (Lipinski definition) is 1. The van der Waals surface area contributed by atoms with Gasteiger partial charge >= 0.3 is 0 Å². The summed E-state index contributed by atoms with van der Waals surface area (Å²) in [6.07, 6.45) is 0.833. The number of hydrogen-bond acceptors (Lipinski definition) is 4. The van der Waals surface area contributed by atoms with E-state index in [1.165, 1.54) is 4.90 Å². The molecule has 1 atom stereocenters. The fraction of sp³-hybridized carbons (Fsp3) is 0.214. The normalized spacial score (nSPS) is 17.6. The Morgan fingerprint density at radius 1 is 0.970 bits per heavy atom. The Bertz CT molecular complexity index is 1200. The van der Waals surface area contributed by atoms with Crippen LogP contribution in [0.3, 0.4) is 0 Å². The van der Waals surface area contributed by atoms with Gasteiger partial charge in [-0.3, -0.25) is 14.5 Å². The molecule has 168 valence electrons. The molecule has 1 saturated heterocycles. The fourth-order valence-corrected chi connectivity index (χ4v) is 4.09. The summed E-state index contributed by atoms with van der Waals surface area (Å²) in [7, 11) is 0. The SMILES string of the molecule is CCc1ccc(N2C(=O)C(=O)/C(=C(\O)c3cccc(OC(C)C)c3)C2c2ccccc2)cc1. The van der Waals surface area contributed by atoms with E-state index < -0.39 is 17.7 Å². The van der Waals surface area contributed by atoms with Crippen LogP contribution in [-0.2, 0) is 16.0 Å². The molecule has 0 spiro atoms. The van der Waals surface area contributed by atoms with Crippen molar-refractivity contribution in [3.8, 4) is 5.75 Å². The number of anilines is 1. The van der Waals surface area contributed by atoms with E-state index in [0.717, 1.165) is 17.5 Å². The third-order valence-corrected chi connectivity index (χ3v) is 5.66. The highest BCUT2D eigenvalue weighted by atomic mass is 16.5. The molecule has 1 heterocycles. The van der Waals surface area contributed by atoms with Gasteiger partial charge in [0.05, 0.1) is 17.7 Å².